The Bertz CT molecular complexity index is 317. The van der Waals surface area contributed by atoms with Crippen molar-refractivity contribution in [3.63, 3.8) is 0 Å². The van der Waals surface area contributed by atoms with Crippen molar-refractivity contribution in [2.75, 3.05) is 0 Å². The molecule has 0 aliphatic heterocycles. The van der Waals surface area contributed by atoms with E-state index in [-0.39, 0.29) is 0 Å². The van der Waals surface area contributed by atoms with Crippen LogP contribution in [-0.2, 0) is 7.05 Å². The summed E-state index contributed by atoms with van der Waals surface area (Å²) in [7, 11) is 1.98. The summed E-state index contributed by atoms with van der Waals surface area (Å²) in [6.07, 6.45) is 3.68. The Morgan fingerprint density at radius 2 is 2.56 bits per heavy atom. The molecule has 2 aromatic rings. The Hall–Kier alpha value is -1.25. The molecule has 0 fully saturated rings. The summed E-state index contributed by atoms with van der Waals surface area (Å²) in [4.78, 5) is 7.09. The maximum atomic E-state index is 4.09. The Labute approximate surface area is 52.3 Å². The lowest BCUT2D eigenvalue weighted by Crippen LogP contribution is -1.82. The average Bonchev–Trinajstić information content (AvgIpc) is 2.35. The molecule has 46 valence electrons. The van der Waals surface area contributed by atoms with Gasteiger partial charge in [-0.3, -0.25) is 0 Å². The van der Waals surface area contributed by atoms with E-state index < -0.39 is 0 Å². The molecule has 2 rings (SSSR count). The minimum atomic E-state index is 1.01. The summed E-state index contributed by atoms with van der Waals surface area (Å²) in [5.74, 6) is 0. The van der Waals surface area contributed by atoms with Gasteiger partial charge >= 0.3 is 0 Å². The normalized spacial score (nSPS) is 10.8. The van der Waals surface area contributed by atoms with Crippen molar-refractivity contribution in [2.45, 2.75) is 0 Å². The highest BCUT2D eigenvalue weighted by molar-refractivity contribution is 5.70. The molecule has 0 aliphatic rings. The number of nitrogens with one attached hydrogen (secondary N) is 1. The first-order valence-corrected chi connectivity index (χ1v) is 2.82. The minimum absolute atomic E-state index is 1.01. The molecule has 3 nitrogen and oxygen atoms in total. The summed E-state index contributed by atoms with van der Waals surface area (Å²) >= 11 is 0. The van der Waals surface area contributed by atoms with Gasteiger partial charge in [-0.15, -0.1) is 0 Å². The number of imidazole rings is 1. The lowest BCUT2D eigenvalue weighted by atomic mass is 10.6. The van der Waals surface area contributed by atoms with Crippen LogP contribution in [0.3, 0.4) is 0 Å². The highest BCUT2D eigenvalue weighted by Crippen LogP contribution is 2.06. The van der Waals surface area contributed by atoms with Crippen molar-refractivity contribution >= 4 is 11.2 Å². The second kappa shape index (κ2) is 1.37. The van der Waals surface area contributed by atoms with Crippen LogP contribution < -0.4 is 0 Å². The molecule has 0 unspecified atom stereocenters. The third kappa shape index (κ3) is 0.483. The third-order valence-corrected chi connectivity index (χ3v) is 1.45. The van der Waals surface area contributed by atoms with Crippen molar-refractivity contribution < 1.29 is 0 Å². The molecule has 0 saturated carbocycles. The fourth-order valence-corrected chi connectivity index (χ4v) is 0.958. The van der Waals surface area contributed by atoms with Crippen LogP contribution >= 0.6 is 0 Å². The van der Waals surface area contributed by atoms with Gasteiger partial charge in [0, 0.05) is 13.2 Å². The number of aryl methyl sites for hydroxylation is 1. The first kappa shape index (κ1) is 4.61. The highest BCUT2D eigenvalue weighted by Gasteiger charge is 1.95. The molecule has 0 radical (unpaired) electrons. The minimum Gasteiger partial charge on any atom is -0.343 e. The third-order valence-electron chi connectivity index (χ3n) is 1.45. The van der Waals surface area contributed by atoms with Gasteiger partial charge in [-0.2, -0.15) is 0 Å². The van der Waals surface area contributed by atoms with Crippen molar-refractivity contribution in [1.82, 2.24) is 14.5 Å². The van der Waals surface area contributed by atoms with Gasteiger partial charge in [0.25, 0.3) is 0 Å². The van der Waals surface area contributed by atoms with Crippen molar-refractivity contribution in [3.05, 3.63) is 18.6 Å². The van der Waals surface area contributed by atoms with Crippen molar-refractivity contribution in [1.29, 1.82) is 0 Å². The van der Waals surface area contributed by atoms with Crippen LogP contribution in [-0.4, -0.2) is 14.5 Å². The molecule has 9 heavy (non-hydrogen) atoms. The number of aromatic amines is 1. The van der Waals surface area contributed by atoms with Gasteiger partial charge in [0.1, 0.15) is 0 Å². The average molecular weight is 121 g/mol. The zero-order valence-corrected chi connectivity index (χ0v) is 5.13. The molecule has 0 bridgehead atoms. The van der Waals surface area contributed by atoms with Gasteiger partial charge in [-0.25, -0.2) is 4.98 Å². The van der Waals surface area contributed by atoms with E-state index in [1.54, 1.807) is 6.33 Å². The van der Waals surface area contributed by atoms with E-state index in [4.69, 9.17) is 0 Å². The second-order valence-corrected chi connectivity index (χ2v) is 2.07. The number of fused-ring (bicyclic) bond motifs is 1. The Morgan fingerprint density at radius 1 is 1.67 bits per heavy atom. The molecule has 0 saturated heterocycles. The number of hydrogen-bond acceptors (Lipinski definition) is 1. The SMILES string of the molecule is Cn1ccc2[nH]cnc21. The predicted molar refractivity (Wildman–Crippen MR) is 35.1 cm³/mol. The zero-order valence-electron chi connectivity index (χ0n) is 5.13. The number of hydrogen-bond donors (Lipinski definition) is 1. The Morgan fingerprint density at radius 3 is 3.33 bits per heavy atom. The number of aromatic nitrogens is 3. The van der Waals surface area contributed by atoms with Gasteiger partial charge < -0.3 is 9.55 Å². The molecule has 2 heterocycles. The molecule has 0 aromatic carbocycles. The van der Waals surface area contributed by atoms with E-state index >= 15 is 0 Å². The largest absolute Gasteiger partial charge is 0.343 e. The molecule has 0 aliphatic carbocycles. The van der Waals surface area contributed by atoms with Crippen molar-refractivity contribution in [2.24, 2.45) is 7.05 Å². The van der Waals surface area contributed by atoms with E-state index in [0.29, 0.717) is 0 Å². The standard InChI is InChI=1S/C6H7N3/c1-9-3-2-5-6(9)8-4-7-5/h2-4H,1H3,(H,7,8). The smallest absolute Gasteiger partial charge is 0.157 e. The topological polar surface area (TPSA) is 33.6 Å². The molecule has 3 heteroatoms. The first-order chi connectivity index (χ1) is 4.38. The summed E-state index contributed by atoms with van der Waals surface area (Å²) in [5.41, 5.74) is 2.10. The fourth-order valence-electron chi connectivity index (χ4n) is 0.958. The molecule has 1 N–H and O–H groups in total. The van der Waals surface area contributed by atoms with Gasteiger partial charge in [0.15, 0.2) is 5.65 Å². The predicted octanol–water partition coefficient (Wildman–Crippen LogP) is 0.901. The van der Waals surface area contributed by atoms with E-state index in [1.165, 1.54) is 0 Å². The second-order valence-electron chi connectivity index (χ2n) is 2.07. The van der Waals surface area contributed by atoms with Gasteiger partial charge in [-0.1, -0.05) is 0 Å². The number of H-pyrrole nitrogens is 1. The summed E-state index contributed by atoms with van der Waals surface area (Å²) in [5, 5.41) is 0. The Balaban J connectivity index is 2.99. The molecule has 2 aromatic heterocycles. The van der Waals surface area contributed by atoms with Crippen LogP contribution in [0.25, 0.3) is 11.2 Å². The first-order valence-electron chi connectivity index (χ1n) is 2.82. The number of nitrogens with zero attached hydrogens (tertiary/aromatic N) is 2. The van der Waals surface area contributed by atoms with Gasteiger partial charge in [0.2, 0.25) is 0 Å². The van der Waals surface area contributed by atoms with E-state index in [9.17, 15) is 0 Å². The number of rotatable bonds is 0. The lowest BCUT2D eigenvalue weighted by molar-refractivity contribution is 0.950. The summed E-state index contributed by atoms with van der Waals surface area (Å²) in [6.45, 7) is 0. The quantitative estimate of drug-likeness (QED) is 0.552. The monoisotopic (exact) mass is 121 g/mol. The van der Waals surface area contributed by atoms with Crippen LogP contribution in [0.2, 0.25) is 0 Å². The Kier molecular flexibility index (Phi) is 0.704. The maximum absolute atomic E-state index is 4.09. The molecule has 0 amide bonds. The summed E-state index contributed by atoms with van der Waals surface area (Å²) < 4.78 is 1.98. The summed E-state index contributed by atoms with van der Waals surface area (Å²) in [6, 6.07) is 2.00. The van der Waals surface area contributed by atoms with Crippen molar-refractivity contribution in [3.8, 4) is 0 Å². The molecule has 0 atom stereocenters. The zero-order chi connectivity index (χ0) is 6.27. The fraction of sp³-hybridized carbons (Fsp3) is 0.167. The van der Waals surface area contributed by atoms with Crippen LogP contribution in [0.4, 0.5) is 0 Å². The van der Waals surface area contributed by atoms with Crippen LogP contribution in [0.5, 0.6) is 0 Å². The van der Waals surface area contributed by atoms with Crippen LogP contribution in [0, 0.1) is 0 Å². The van der Waals surface area contributed by atoms with E-state index in [1.807, 2.05) is 23.9 Å². The van der Waals surface area contributed by atoms with Gasteiger partial charge in [-0.05, 0) is 6.07 Å². The van der Waals surface area contributed by atoms with E-state index in [2.05, 4.69) is 9.97 Å². The van der Waals surface area contributed by atoms with Crippen LogP contribution in [0.15, 0.2) is 18.6 Å². The van der Waals surface area contributed by atoms with Gasteiger partial charge in [0.05, 0.1) is 11.8 Å². The van der Waals surface area contributed by atoms with E-state index in [0.717, 1.165) is 11.2 Å². The molecule has 0 spiro atoms. The van der Waals surface area contributed by atoms with Crippen LogP contribution in [0.1, 0.15) is 0 Å². The molecular formula is C6H7N3. The lowest BCUT2D eigenvalue weighted by Gasteiger charge is -1.84. The molecular weight excluding hydrogens is 114 g/mol. The maximum Gasteiger partial charge on any atom is 0.157 e. The highest BCUT2D eigenvalue weighted by atomic mass is 15.0.